The van der Waals surface area contributed by atoms with Gasteiger partial charge >= 0.3 is 5.69 Å². The van der Waals surface area contributed by atoms with Crippen molar-refractivity contribution in [1.29, 1.82) is 0 Å². The summed E-state index contributed by atoms with van der Waals surface area (Å²) in [5.41, 5.74) is 2.44. The first-order valence-corrected chi connectivity index (χ1v) is 10.1. The second kappa shape index (κ2) is 6.67. The zero-order valence-corrected chi connectivity index (χ0v) is 17.3. The van der Waals surface area contributed by atoms with Crippen LogP contribution in [0, 0.1) is 0 Å². The van der Waals surface area contributed by atoms with E-state index in [1.165, 1.54) is 32.8 Å². The van der Waals surface area contributed by atoms with E-state index in [0.717, 1.165) is 11.3 Å². The van der Waals surface area contributed by atoms with Gasteiger partial charge in [-0.1, -0.05) is 12.1 Å². The van der Waals surface area contributed by atoms with E-state index in [4.69, 9.17) is 4.52 Å². The molecule has 3 aromatic rings. The third-order valence-electron chi connectivity index (χ3n) is 4.47. The highest BCUT2D eigenvalue weighted by Gasteiger charge is 2.26. The van der Waals surface area contributed by atoms with E-state index in [1.807, 2.05) is 6.92 Å². The second-order valence-corrected chi connectivity index (χ2v) is 8.94. The molecule has 0 aliphatic rings. The van der Waals surface area contributed by atoms with Gasteiger partial charge in [0, 0.05) is 37.7 Å². The maximum Gasteiger partial charge on any atom is 0.328 e. The third kappa shape index (κ3) is 2.91. The molecule has 0 unspecified atom stereocenters. The molecule has 0 fully saturated rings. The Morgan fingerprint density at radius 1 is 1.23 bits per heavy atom. The summed E-state index contributed by atoms with van der Waals surface area (Å²) in [5, 5.41) is 3.88. The van der Waals surface area contributed by atoms with Gasteiger partial charge in [-0.2, -0.15) is 4.31 Å². The topological polar surface area (TPSA) is 90.3 Å². The van der Waals surface area contributed by atoms with Crippen molar-refractivity contribution in [3.63, 3.8) is 0 Å². The van der Waals surface area contributed by atoms with Gasteiger partial charge in [0.15, 0.2) is 0 Å². The first-order valence-electron chi connectivity index (χ1n) is 7.91. The van der Waals surface area contributed by atoms with E-state index in [1.54, 1.807) is 20.2 Å². The van der Waals surface area contributed by atoms with Crippen LogP contribution in [0.5, 0.6) is 0 Å². The molecular formula is C16H19BrN4O4S. The van der Waals surface area contributed by atoms with E-state index in [9.17, 15) is 13.2 Å². The highest BCUT2D eigenvalue weighted by Crippen LogP contribution is 2.30. The van der Waals surface area contributed by atoms with E-state index >= 15 is 0 Å². The van der Waals surface area contributed by atoms with E-state index in [0.29, 0.717) is 21.9 Å². The molecule has 0 N–H and O–H groups in total. The molecule has 0 bridgehead atoms. The Kier molecular flexibility index (Phi) is 4.84. The van der Waals surface area contributed by atoms with Crippen molar-refractivity contribution in [2.75, 3.05) is 7.05 Å². The largest absolute Gasteiger partial charge is 0.364 e. The number of hydrogen-bond acceptors (Lipinski definition) is 5. The predicted octanol–water partition coefficient (Wildman–Crippen LogP) is 2.01. The lowest BCUT2D eigenvalue weighted by Crippen LogP contribution is -2.27. The molecule has 3 rings (SSSR count). The summed E-state index contributed by atoms with van der Waals surface area (Å²) < 4.78 is 35.6. The lowest BCUT2D eigenvalue weighted by molar-refractivity contribution is 0.410. The van der Waals surface area contributed by atoms with E-state index in [-0.39, 0.29) is 17.1 Å². The monoisotopic (exact) mass is 442 g/mol. The molecular weight excluding hydrogens is 424 g/mol. The molecule has 140 valence electrons. The molecule has 0 atom stereocenters. The molecule has 2 heterocycles. The number of nitrogens with zero attached hydrogens (tertiary/aromatic N) is 4. The van der Waals surface area contributed by atoms with Crippen LogP contribution in [-0.2, 0) is 37.1 Å². The maximum atomic E-state index is 13.1. The molecule has 0 saturated heterocycles. The van der Waals surface area contributed by atoms with Gasteiger partial charge in [0.1, 0.15) is 6.26 Å². The minimum Gasteiger partial charge on any atom is -0.364 e. The van der Waals surface area contributed by atoms with Crippen molar-refractivity contribution in [3.05, 3.63) is 44.6 Å². The number of aryl methyl sites for hydroxylation is 3. The number of fused-ring (bicyclic) bond motifs is 1. The Hall–Kier alpha value is -1.91. The molecule has 26 heavy (non-hydrogen) atoms. The molecule has 0 spiro atoms. The number of aromatic nitrogens is 3. The Labute approximate surface area is 159 Å². The zero-order chi connectivity index (χ0) is 19.2. The van der Waals surface area contributed by atoms with Crippen molar-refractivity contribution in [2.45, 2.75) is 24.8 Å². The summed E-state index contributed by atoms with van der Waals surface area (Å²) in [7, 11) is 0.975. The molecule has 0 saturated carbocycles. The number of rotatable bonds is 5. The van der Waals surface area contributed by atoms with Crippen molar-refractivity contribution < 1.29 is 12.9 Å². The van der Waals surface area contributed by atoms with Gasteiger partial charge in [-0.3, -0.25) is 9.13 Å². The molecule has 8 nitrogen and oxygen atoms in total. The van der Waals surface area contributed by atoms with Crippen molar-refractivity contribution in [3.8, 4) is 0 Å². The molecule has 0 aliphatic carbocycles. The van der Waals surface area contributed by atoms with Crippen LogP contribution in [0.2, 0.25) is 0 Å². The smallest absolute Gasteiger partial charge is 0.328 e. The van der Waals surface area contributed by atoms with Crippen molar-refractivity contribution >= 4 is 37.0 Å². The second-order valence-electron chi connectivity index (χ2n) is 6.07. The van der Waals surface area contributed by atoms with Gasteiger partial charge in [-0.05, 0) is 34.5 Å². The minimum absolute atomic E-state index is 0.100. The lowest BCUT2D eigenvalue weighted by atomic mass is 10.2. The van der Waals surface area contributed by atoms with Crippen LogP contribution in [0.3, 0.4) is 0 Å². The Bertz CT molecular complexity index is 1140. The van der Waals surface area contributed by atoms with Crippen molar-refractivity contribution in [2.24, 2.45) is 14.1 Å². The first kappa shape index (κ1) is 18.9. The van der Waals surface area contributed by atoms with Crippen LogP contribution in [0.1, 0.15) is 18.2 Å². The van der Waals surface area contributed by atoms with Gasteiger partial charge < -0.3 is 4.52 Å². The fraction of sp³-hybridized carbons (Fsp3) is 0.375. The van der Waals surface area contributed by atoms with Crippen LogP contribution in [0.25, 0.3) is 11.0 Å². The zero-order valence-electron chi connectivity index (χ0n) is 14.9. The molecule has 1 aromatic carbocycles. The number of benzene rings is 1. The standard InChI is InChI=1S/C16H19BrN4O4S/c1-5-12-10(9-25-18-12)8-19(2)26(23,24)15-7-14-13(6-11(15)17)20(3)16(22)21(14)4/h6-7,9H,5,8H2,1-4H3. The molecule has 0 radical (unpaired) electrons. The third-order valence-corrected chi connectivity index (χ3v) is 7.23. The van der Waals surface area contributed by atoms with Crippen LogP contribution >= 0.6 is 15.9 Å². The van der Waals surface area contributed by atoms with Gasteiger partial charge in [-0.25, -0.2) is 13.2 Å². The fourth-order valence-electron chi connectivity index (χ4n) is 2.89. The Balaban J connectivity index is 2.07. The minimum atomic E-state index is -3.79. The summed E-state index contributed by atoms with van der Waals surface area (Å²) in [6.07, 6.45) is 2.12. The van der Waals surface area contributed by atoms with Crippen LogP contribution in [-0.4, -0.2) is 34.1 Å². The number of halogens is 1. The number of sulfonamides is 1. The van der Waals surface area contributed by atoms with Crippen LogP contribution in [0.15, 0.2) is 37.1 Å². The maximum absolute atomic E-state index is 13.1. The average molecular weight is 443 g/mol. The predicted molar refractivity (Wildman–Crippen MR) is 100 cm³/mol. The first-order chi connectivity index (χ1) is 12.2. The highest BCUT2D eigenvalue weighted by molar-refractivity contribution is 9.10. The molecule has 0 aliphatic heterocycles. The number of imidazole rings is 1. The van der Waals surface area contributed by atoms with Gasteiger partial charge in [0.05, 0.1) is 21.6 Å². The normalized spacial score (nSPS) is 12.4. The van der Waals surface area contributed by atoms with Gasteiger partial charge in [-0.15, -0.1) is 0 Å². The Morgan fingerprint density at radius 3 is 2.46 bits per heavy atom. The summed E-state index contributed by atoms with van der Waals surface area (Å²) in [6.45, 7) is 2.07. The summed E-state index contributed by atoms with van der Waals surface area (Å²) in [4.78, 5) is 12.2. The SMILES string of the molecule is CCc1nocc1CN(C)S(=O)(=O)c1cc2c(cc1Br)n(C)c(=O)n2C. The lowest BCUT2D eigenvalue weighted by Gasteiger charge is -2.18. The molecule has 0 amide bonds. The van der Waals surface area contributed by atoms with Crippen LogP contribution < -0.4 is 5.69 Å². The van der Waals surface area contributed by atoms with Gasteiger partial charge in [0.25, 0.3) is 0 Å². The summed E-state index contributed by atoms with van der Waals surface area (Å²) >= 11 is 3.33. The highest BCUT2D eigenvalue weighted by atomic mass is 79.9. The fourth-order valence-corrected chi connectivity index (χ4v) is 5.05. The summed E-state index contributed by atoms with van der Waals surface area (Å²) in [5.74, 6) is 0. The van der Waals surface area contributed by atoms with Crippen molar-refractivity contribution in [1.82, 2.24) is 18.6 Å². The van der Waals surface area contributed by atoms with E-state index in [2.05, 4.69) is 21.1 Å². The quantitative estimate of drug-likeness (QED) is 0.602. The molecule has 2 aromatic heterocycles. The molecule has 10 heteroatoms. The van der Waals surface area contributed by atoms with Gasteiger partial charge in [0.2, 0.25) is 10.0 Å². The average Bonchev–Trinajstić information content (AvgIpc) is 3.13. The van der Waals surface area contributed by atoms with E-state index < -0.39 is 10.0 Å². The summed E-state index contributed by atoms with van der Waals surface area (Å²) in [6, 6.07) is 3.16. The Morgan fingerprint density at radius 2 is 1.85 bits per heavy atom. The van der Waals surface area contributed by atoms with Crippen LogP contribution in [0.4, 0.5) is 0 Å². The number of hydrogen-bond donors (Lipinski definition) is 0.